The number of rotatable bonds is 7. The van der Waals surface area contributed by atoms with E-state index in [1.165, 1.54) is 19.3 Å². The molecule has 188 valence electrons. The molecule has 1 aliphatic heterocycles. The number of fused-ring (bicyclic) bond motifs is 5. The van der Waals surface area contributed by atoms with E-state index in [2.05, 4.69) is 25.6 Å². The van der Waals surface area contributed by atoms with Gasteiger partial charge in [-0.1, -0.05) is 11.6 Å². The minimum Gasteiger partial charge on any atom is -0.481 e. The second kappa shape index (κ2) is 9.16. The van der Waals surface area contributed by atoms with Crippen molar-refractivity contribution in [3.8, 4) is 11.6 Å². The molecule has 9 heteroatoms. The van der Waals surface area contributed by atoms with Gasteiger partial charge < -0.3 is 20.1 Å². The Labute approximate surface area is 215 Å². The van der Waals surface area contributed by atoms with E-state index in [9.17, 15) is 4.79 Å². The number of carbonyl (C=O) groups is 1. The van der Waals surface area contributed by atoms with Crippen molar-refractivity contribution in [3.05, 3.63) is 46.7 Å². The number of carbonyl (C=O) groups excluding carboxylic acids is 1. The highest BCUT2D eigenvalue weighted by Gasteiger charge is 2.48. The maximum Gasteiger partial charge on any atom is 0.263 e. The summed E-state index contributed by atoms with van der Waals surface area (Å²) in [5.74, 6) is 1.57. The van der Waals surface area contributed by atoms with Crippen LogP contribution in [-0.4, -0.2) is 40.1 Å². The summed E-state index contributed by atoms with van der Waals surface area (Å²) in [4.78, 5) is 25.3. The van der Waals surface area contributed by atoms with Gasteiger partial charge in [-0.2, -0.15) is 0 Å². The molecule has 3 saturated carbocycles. The fraction of sp³-hybridized carbons (Fsp3) is 0.481. The number of aryl methyl sites for hydroxylation is 1. The second-order valence-corrected chi connectivity index (χ2v) is 10.8. The maximum absolute atomic E-state index is 11.6. The van der Waals surface area contributed by atoms with Crippen molar-refractivity contribution >= 4 is 34.4 Å². The lowest BCUT2D eigenvalue weighted by Crippen LogP contribution is -2.54. The lowest BCUT2D eigenvalue weighted by Gasteiger charge is -2.54. The topological polar surface area (TPSA) is 98.3 Å². The van der Waals surface area contributed by atoms with Gasteiger partial charge >= 0.3 is 0 Å². The number of nitrogens with one attached hydrogen (secondary N) is 2. The van der Waals surface area contributed by atoms with Crippen LogP contribution in [0.25, 0.3) is 11.0 Å². The molecule has 2 N–H and O–H groups in total. The Morgan fingerprint density at radius 2 is 1.92 bits per heavy atom. The number of methoxy groups -OCH3 is 1. The Bertz CT molecular complexity index is 1310. The van der Waals surface area contributed by atoms with Gasteiger partial charge in [0.1, 0.15) is 0 Å². The molecule has 36 heavy (non-hydrogen) atoms. The van der Waals surface area contributed by atoms with Gasteiger partial charge in [0, 0.05) is 29.9 Å². The monoisotopic (exact) mass is 507 g/mol. The number of ether oxygens (including phenoxy) is 2. The van der Waals surface area contributed by atoms with E-state index in [0.717, 1.165) is 54.4 Å². The third kappa shape index (κ3) is 4.37. The zero-order valence-electron chi connectivity index (χ0n) is 20.4. The molecule has 3 fully saturated rings. The summed E-state index contributed by atoms with van der Waals surface area (Å²) in [5.41, 5.74) is 4.20. The predicted molar refractivity (Wildman–Crippen MR) is 137 cm³/mol. The number of amides is 1. The summed E-state index contributed by atoms with van der Waals surface area (Å²) in [6.45, 7) is 0.730. The first-order valence-corrected chi connectivity index (χ1v) is 13.0. The van der Waals surface area contributed by atoms with Gasteiger partial charge in [0.15, 0.2) is 18.2 Å². The summed E-state index contributed by atoms with van der Waals surface area (Å²) in [6, 6.07) is 7.65. The Morgan fingerprint density at radius 3 is 2.69 bits per heavy atom. The van der Waals surface area contributed by atoms with Gasteiger partial charge in [0.25, 0.3) is 5.91 Å². The maximum atomic E-state index is 11.6. The molecule has 8 nitrogen and oxygen atoms in total. The number of halogens is 1. The van der Waals surface area contributed by atoms with Gasteiger partial charge in [-0.05, 0) is 75.0 Å². The average Bonchev–Trinajstić information content (AvgIpc) is 2.92. The van der Waals surface area contributed by atoms with Gasteiger partial charge in [0.05, 0.1) is 28.9 Å². The number of anilines is 1. The van der Waals surface area contributed by atoms with Crippen molar-refractivity contribution in [1.82, 2.24) is 20.3 Å². The van der Waals surface area contributed by atoms with E-state index in [-0.39, 0.29) is 18.1 Å². The van der Waals surface area contributed by atoms with Crippen molar-refractivity contribution in [1.29, 1.82) is 0 Å². The van der Waals surface area contributed by atoms with E-state index >= 15 is 0 Å². The highest BCUT2D eigenvalue weighted by Crippen LogP contribution is 2.54. The molecular formula is C27H30ClN5O3. The molecule has 0 radical (unpaired) electrons. The number of hydrogen-bond acceptors (Lipinski definition) is 7. The van der Waals surface area contributed by atoms with Crippen molar-refractivity contribution in [3.63, 3.8) is 0 Å². The molecule has 0 atom stereocenters. The van der Waals surface area contributed by atoms with Crippen LogP contribution in [0.15, 0.2) is 30.5 Å². The van der Waals surface area contributed by atoms with Gasteiger partial charge in [-0.3, -0.25) is 9.78 Å². The number of pyridine rings is 3. The summed E-state index contributed by atoms with van der Waals surface area (Å²) < 4.78 is 10.8. The van der Waals surface area contributed by atoms with Crippen LogP contribution in [0.5, 0.6) is 11.6 Å². The molecule has 0 aromatic carbocycles. The number of nitrogens with zero attached hydrogens (tertiary/aromatic N) is 3. The van der Waals surface area contributed by atoms with Crippen LogP contribution in [0.3, 0.4) is 0 Å². The molecule has 3 aliphatic carbocycles. The van der Waals surface area contributed by atoms with Crippen LogP contribution >= 0.6 is 11.6 Å². The third-order valence-corrected chi connectivity index (χ3v) is 8.76. The Balaban J connectivity index is 1.10. The Morgan fingerprint density at radius 1 is 1.11 bits per heavy atom. The lowest BCUT2D eigenvalue weighted by molar-refractivity contribution is -0.118. The van der Waals surface area contributed by atoms with Crippen LogP contribution in [0, 0.1) is 5.41 Å². The fourth-order valence-corrected chi connectivity index (χ4v) is 6.34. The molecule has 3 aromatic rings. The molecule has 4 heterocycles. The van der Waals surface area contributed by atoms with Crippen LogP contribution in [0.4, 0.5) is 5.82 Å². The van der Waals surface area contributed by atoms with Crippen molar-refractivity contribution in [2.45, 2.75) is 63.5 Å². The fourth-order valence-electron chi connectivity index (χ4n) is 6.10. The molecule has 1 amide bonds. The molecule has 3 aromatic heterocycles. The van der Waals surface area contributed by atoms with Crippen LogP contribution in [-0.2, 0) is 17.8 Å². The van der Waals surface area contributed by atoms with Crippen LogP contribution < -0.4 is 20.1 Å². The minimum absolute atomic E-state index is 0.0471. The lowest BCUT2D eigenvalue weighted by atomic mass is 9.55. The zero-order valence-corrected chi connectivity index (χ0v) is 21.2. The van der Waals surface area contributed by atoms with Crippen molar-refractivity contribution in [2.75, 3.05) is 19.0 Å². The summed E-state index contributed by atoms with van der Waals surface area (Å²) >= 11 is 6.60. The van der Waals surface area contributed by atoms with E-state index < -0.39 is 0 Å². The molecular weight excluding hydrogens is 478 g/mol. The van der Waals surface area contributed by atoms with Crippen LogP contribution in [0.2, 0.25) is 5.02 Å². The molecule has 0 saturated heterocycles. The standard InChI is InChI=1S/C27H30ClN5O3/c1-35-23-5-3-20-24(33-23)18(19(28)15-29-20)6-7-26-8-11-27(12-9-26,13-10-26)30-14-17-2-4-21-25(31-17)32-22(34)16-36-21/h2-5,15,30H,6-14,16H2,1H3,(H,31,32,34). The summed E-state index contributed by atoms with van der Waals surface area (Å²) in [7, 11) is 1.63. The smallest absolute Gasteiger partial charge is 0.263 e. The highest BCUT2D eigenvalue weighted by atomic mass is 35.5. The van der Waals surface area contributed by atoms with E-state index in [1.54, 1.807) is 13.3 Å². The number of hydrogen-bond donors (Lipinski definition) is 2. The average molecular weight is 508 g/mol. The van der Waals surface area contributed by atoms with Gasteiger partial charge in [-0.25, -0.2) is 9.97 Å². The summed E-state index contributed by atoms with van der Waals surface area (Å²) in [6.07, 6.45) is 10.8. The van der Waals surface area contributed by atoms with Gasteiger partial charge in [0.2, 0.25) is 5.88 Å². The predicted octanol–water partition coefficient (Wildman–Crippen LogP) is 4.83. The first-order chi connectivity index (χ1) is 17.5. The number of aromatic nitrogens is 3. The minimum atomic E-state index is -0.162. The third-order valence-electron chi connectivity index (χ3n) is 8.43. The molecule has 0 spiro atoms. The normalized spacial score (nSPS) is 24.8. The summed E-state index contributed by atoms with van der Waals surface area (Å²) in [5, 5.41) is 7.30. The van der Waals surface area contributed by atoms with Gasteiger partial charge in [-0.15, -0.1) is 0 Å². The Kier molecular flexibility index (Phi) is 5.96. The zero-order chi connectivity index (χ0) is 24.8. The molecule has 7 rings (SSSR count). The van der Waals surface area contributed by atoms with Crippen molar-refractivity contribution in [2.24, 2.45) is 5.41 Å². The van der Waals surface area contributed by atoms with Crippen LogP contribution in [0.1, 0.15) is 56.2 Å². The van der Waals surface area contributed by atoms with E-state index in [4.69, 9.17) is 21.1 Å². The van der Waals surface area contributed by atoms with E-state index in [1.807, 2.05) is 24.3 Å². The first-order valence-electron chi connectivity index (χ1n) is 12.6. The Hall–Kier alpha value is -2.97. The molecule has 4 aliphatic rings. The highest BCUT2D eigenvalue weighted by molar-refractivity contribution is 6.32. The molecule has 0 unspecified atom stereocenters. The first kappa shape index (κ1) is 23.4. The molecule has 2 bridgehead atoms. The SMILES string of the molecule is COc1ccc2ncc(Cl)c(CCC34CCC(NCc5ccc6c(n5)NC(=O)CO6)(CC3)CC4)c2n1. The largest absolute Gasteiger partial charge is 0.481 e. The van der Waals surface area contributed by atoms with E-state index in [0.29, 0.717) is 34.4 Å². The van der Waals surface area contributed by atoms with Crippen molar-refractivity contribution < 1.29 is 14.3 Å². The second-order valence-electron chi connectivity index (χ2n) is 10.4. The quantitative estimate of drug-likeness (QED) is 0.472.